The summed E-state index contributed by atoms with van der Waals surface area (Å²) in [6.45, 7) is 2.04. The third-order valence-corrected chi connectivity index (χ3v) is 3.24. The van der Waals surface area contributed by atoms with E-state index in [0.717, 1.165) is 28.1 Å². The number of rotatable bonds is 4. The third-order valence-electron chi connectivity index (χ3n) is 3.01. The van der Waals surface area contributed by atoms with Gasteiger partial charge in [0.2, 0.25) is 0 Å². The number of hydrogen-bond donors (Lipinski definition) is 2. The van der Waals surface area contributed by atoms with Crippen LogP contribution in [0.25, 0.3) is 0 Å². The molecule has 0 bridgehead atoms. The molecule has 0 aliphatic carbocycles. The van der Waals surface area contributed by atoms with Crippen LogP contribution < -0.4 is 11.3 Å². The van der Waals surface area contributed by atoms with Crippen LogP contribution in [0.4, 0.5) is 0 Å². The summed E-state index contributed by atoms with van der Waals surface area (Å²) in [6, 6.07) is 5.91. The number of aromatic nitrogens is 2. The Morgan fingerprint density at radius 3 is 2.83 bits per heavy atom. The van der Waals surface area contributed by atoms with Crippen molar-refractivity contribution < 1.29 is 0 Å². The van der Waals surface area contributed by atoms with Crippen molar-refractivity contribution in [3.8, 4) is 0 Å². The minimum Gasteiger partial charge on any atom is -0.276 e. The Labute approximate surface area is 112 Å². The van der Waals surface area contributed by atoms with Crippen LogP contribution in [-0.2, 0) is 13.5 Å². The average Bonchev–Trinajstić information content (AvgIpc) is 2.72. The molecule has 0 saturated heterocycles. The van der Waals surface area contributed by atoms with E-state index in [1.165, 1.54) is 0 Å². The van der Waals surface area contributed by atoms with E-state index in [4.69, 9.17) is 17.4 Å². The normalized spacial score (nSPS) is 12.7. The lowest BCUT2D eigenvalue weighted by molar-refractivity contribution is 0.549. The maximum absolute atomic E-state index is 5.96. The van der Waals surface area contributed by atoms with Crippen molar-refractivity contribution in [2.24, 2.45) is 12.9 Å². The van der Waals surface area contributed by atoms with Crippen molar-refractivity contribution in [3.05, 3.63) is 52.3 Å². The third kappa shape index (κ3) is 2.90. The molecule has 0 amide bonds. The minimum absolute atomic E-state index is 0.0615. The van der Waals surface area contributed by atoms with E-state index in [1.807, 2.05) is 44.6 Å². The van der Waals surface area contributed by atoms with Crippen LogP contribution in [-0.4, -0.2) is 9.78 Å². The van der Waals surface area contributed by atoms with Gasteiger partial charge in [-0.3, -0.25) is 16.0 Å². The van der Waals surface area contributed by atoms with E-state index in [0.29, 0.717) is 0 Å². The van der Waals surface area contributed by atoms with Gasteiger partial charge >= 0.3 is 0 Å². The van der Waals surface area contributed by atoms with Crippen molar-refractivity contribution in [2.45, 2.75) is 19.4 Å². The molecule has 0 aliphatic rings. The Hall–Kier alpha value is -1.36. The molecule has 1 aromatic carbocycles. The molecule has 5 heteroatoms. The van der Waals surface area contributed by atoms with Crippen LogP contribution in [0.3, 0.4) is 0 Å². The highest BCUT2D eigenvalue weighted by Gasteiger charge is 2.14. The zero-order chi connectivity index (χ0) is 13.1. The quantitative estimate of drug-likeness (QED) is 0.657. The Morgan fingerprint density at radius 1 is 1.50 bits per heavy atom. The second kappa shape index (κ2) is 5.52. The van der Waals surface area contributed by atoms with Crippen LogP contribution in [0.15, 0.2) is 30.6 Å². The Bertz CT molecular complexity index is 536. The SMILES string of the molecule is Cc1cc(Cl)ccc1C(Cc1cnn(C)c1)NN. The second-order valence-electron chi connectivity index (χ2n) is 4.45. The first-order valence-electron chi connectivity index (χ1n) is 5.80. The van der Waals surface area contributed by atoms with Crippen molar-refractivity contribution >= 4 is 11.6 Å². The van der Waals surface area contributed by atoms with E-state index < -0.39 is 0 Å². The van der Waals surface area contributed by atoms with Crippen LogP contribution >= 0.6 is 11.6 Å². The summed E-state index contributed by atoms with van der Waals surface area (Å²) in [5.74, 6) is 5.66. The second-order valence-corrected chi connectivity index (χ2v) is 4.88. The van der Waals surface area contributed by atoms with Crippen LogP contribution in [0.5, 0.6) is 0 Å². The first-order chi connectivity index (χ1) is 8.60. The van der Waals surface area contributed by atoms with Gasteiger partial charge in [0, 0.05) is 18.3 Å². The molecule has 96 valence electrons. The molecule has 2 rings (SSSR count). The number of aryl methyl sites for hydroxylation is 2. The van der Waals surface area contributed by atoms with Crippen molar-refractivity contribution in [1.29, 1.82) is 0 Å². The number of nitrogens with two attached hydrogens (primary N) is 1. The lowest BCUT2D eigenvalue weighted by Crippen LogP contribution is -2.30. The molecule has 1 atom stereocenters. The first-order valence-corrected chi connectivity index (χ1v) is 6.17. The van der Waals surface area contributed by atoms with Gasteiger partial charge in [-0.2, -0.15) is 5.10 Å². The number of benzene rings is 1. The Morgan fingerprint density at radius 2 is 2.28 bits per heavy atom. The zero-order valence-electron chi connectivity index (χ0n) is 10.5. The standard InChI is InChI=1S/C13H17ClN4/c1-9-5-11(14)3-4-12(9)13(17-15)6-10-7-16-18(2)8-10/h3-5,7-8,13,17H,6,15H2,1-2H3. The lowest BCUT2D eigenvalue weighted by Gasteiger charge is -2.18. The number of hydrazine groups is 1. The summed E-state index contributed by atoms with van der Waals surface area (Å²) in [5.41, 5.74) is 6.30. The highest BCUT2D eigenvalue weighted by molar-refractivity contribution is 6.30. The first kappa shape index (κ1) is 13.1. The summed E-state index contributed by atoms with van der Waals surface area (Å²) in [5, 5.41) is 4.91. The topological polar surface area (TPSA) is 55.9 Å². The summed E-state index contributed by atoms with van der Waals surface area (Å²) in [4.78, 5) is 0. The fraction of sp³-hybridized carbons (Fsp3) is 0.308. The average molecular weight is 265 g/mol. The van der Waals surface area contributed by atoms with E-state index in [-0.39, 0.29) is 6.04 Å². The van der Waals surface area contributed by atoms with Crippen molar-refractivity contribution in [1.82, 2.24) is 15.2 Å². The fourth-order valence-corrected chi connectivity index (χ4v) is 2.33. The molecule has 4 nitrogen and oxygen atoms in total. The molecule has 1 aromatic heterocycles. The molecule has 0 aliphatic heterocycles. The highest BCUT2D eigenvalue weighted by atomic mass is 35.5. The van der Waals surface area contributed by atoms with Crippen LogP contribution in [0.1, 0.15) is 22.7 Å². The summed E-state index contributed by atoms with van der Waals surface area (Å²) in [7, 11) is 1.90. The number of nitrogens with one attached hydrogen (secondary N) is 1. The molecule has 0 radical (unpaired) electrons. The van der Waals surface area contributed by atoms with Crippen LogP contribution in [0.2, 0.25) is 5.02 Å². The Kier molecular flexibility index (Phi) is 4.01. The molecular formula is C13H17ClN4. The number of nitrogens with zero attached hydrogens (tertiary/aromatic N) is 2. The number of hydrogen-bond acceptors (Lipinski definition) is 3. The van der Waals surface area contributed by atoms with Gasteiger partial charge in [0.1, 0.15) is 0 Å². The molecule has 1 unspecified atom stereocenters. The van der Waals surface area contributed by atoms with E-state index in [2.05, 4.69) is 10.5 Å². The summed E-state index contributed by atoms with van der Waals surface area (Å²) in [6.07, 6.45) is 4.65. The summed E-state index contributed by atoms with van der Waals surface area (Å²) < 4.78 is 1.79. The van der Waals surface area contributed by atoms with E-state index in [1.54, 1.807) is 4.68 Å². The van der Waals surface area contributed by atoms with Gasteiger partial charge in [-0.25, -0.2) is 0 Å². The van der Waals surface area contributed by atoms with E-state index >= 15 is 0 Å². The van der Waals surface area contributed by atoms with Crippen molar-refractivity contribution in [3.63, 3.8) is 0 Å². The van der Waals surface area contributed by atoms with Crippen LogP contribution in [0, 0.1) is 6.92 Å². The fourth-order valence-electron chi connectivity index (χ4n) is 2.10. The smallest absolute Gasteiger partial charge is 0.0522 e. The maximum Gasteiger partial charge on any atom is 0.0522 e. The minimum atomic E-state index is 0.0615. The molecule has 18 heavy (non-hydrogen) atoms. The summed E-state index contributed by atoms with van der Waals surface area (Å²) >= 11 is 5.96. The van der Waals surface area contributed by atoms with Gasteiger partial charge in [-0.15, -0.1) is 0 Å². The predicted octanol–water partition coefficient (Wildman–Crippen LogP) is 2.13. The van der Waals surface area contributed by atoms with Crippen molar-refractivity contribution in [2.75, 3.05) is 0 Å². The molecule has 0 fully saturated rings. The molecular weight excluding hydrogens is 248 g/mol. The van der Waals surface area contributed by atoms with Gasteiger partial charge in [0.15, 0.2) is 0 Å². The molecule has 0 saturated carbocycles. The largest absolute Gasteiger partial charge is 0.276 e. The molecule has 1 heterocycles. The number of halogens is 1. The van der Waals surface area contributed by atoms with Gasteiger partial charge in [-0.1, -0.05) is 17.7 Å². The lowest BCUT2D eigenvalue weighted by atomic mass is 9.97. The van der Waals surface area contributed by atoms with Gasteiger partial charge in [0.25, 0.3) is 0 Å². The molecule has 2 aromatic rings. The molecule has 0 spiro atoms. The monoisotopic (exact) mass is 264 g/mol. The van der Waals surface area contributed by atoms with Gasteiger partial charge in [0.05, 0.1) is 12.2 Å². The van der Waals surface area contributed by atoms with Gasteiger partial charge in [-0.05, 0) is 42.2 Å². The Balaban J connectivity index is 2.22. The van der Waals surface area contributed by atoms with Gasteiger partial charge < -0.3 is 0 Å². The maximum atomic E-state index is 5.96. The zero-order valence-corrected chi connectivity index (χ0v) is 11.3. The van der Waals surface area contributed by atoms with E-state index in [9.17, 15) is 0 Å². The highest BCUT2D eigenvalue weighted by Crippen LogP contribution is 2.23. The predicted molar refractivity (Wildman–Crippen MR) is 73.2 cm³/mol. The molecule has 3 N–H and O–H groups in total.